The Balaban J connectivity index is 1.08. The maximum absolute atomic E-state index is 6.74. The van der Waals surface area contributed by atoms with E-state index in [4.69, 9.17) is 4.42 Å². The molecular weight excluding hydrogens is 717 g/mol. The highest BCUT2D eigenvalue weighted by molar-refractivity contribution is 6.19. The standard InChI is InChI=1S/C56H36N2O/c1-2-13-37(14-3-1)41-30-34-52-50(35-41)47-21-6-8-24-51(47)58(52)44-19-12-18-43(36-44)57(42-31-27-39(28-32-42)46-23-10-16-38-15-4-5-20-45(38)46)53-25-11-17-40-29-33-49-48-22-7-9-26-54(48)59-56(49)55(40)53/h1-36H. The summed E-state index contributed by atoms with van der Waals surface area (Å²) in [6.45, 7) is 0. The number of rotatable bonds is 6. The van der Waals surface area contributed by atoms with E-state index in [-0.39, 0.29) is 0 Å². The molecule has 3 nitrogen and oxygen atoms in total. The SMILES string of the molecule is c1ccc(-c2ccc3c(c2)c2ccccc2n3-c2cccc(N(c3ccc(-c4cccc5ccccc45)cc3)c3cccc4ccc5c6ccccc6oc5c34)c2)cc1. The molecule has 0 spiro atoms. The molecule has 0 saturated carbocycles. The van der Waals surface area contributed by atoms with Gasteiger partial charge in [0, 0.05) is 44.0 Å². The average molecular weight is 753 g/mol. The number of para-hydroxylation sites is 2. The van der Waals surface area contributed by atoms with Crippen LogP contribution in [0.2, 0.25) is 0 Å². The van der Waals surface area contributed by atoms with Gasteiger partial charge in [-0.2, -0.15) is 0 Å². The second kappa shape index (κ2) is 13.4. The summed E-state index contributed by atoms with van der Waals surface area (Å²) >= 11 is 0. The Morgan fingerprint density at radius 2 is 1.07 bits per heavy atom. The topological polar surface area (TPSA) is 21.3 Å². The summed E-state index contributed by atoms with van der Waals surface area (Å²) in [6, 6.07) is 78.7. The van der Waals surface area contributed by atoms with Crippen molar-refractivity contribution in [2.45, 2.75) is 0 Å². The molecule has 0 aliphatic carbocycles. The van der Waals surface area contributed by atoms with Gasteiger partial charge < -0.3 is 13.9 Å². The Kier molecular flexibility index (Phi) is 7.54. The molecule has 0 radical (unpaired) electrons. The highest BCUT2D eigenvalue weighted by Gasteiger charge is 2.21. The zero-order valence-electron chi connectivity index (χ0n) is 32.1. The molecule has 12 aromatic rings. The predicted octanol–water partition coefficient (Wildman–Crippen LogP) is 15.8. The van der Waals surface area contributed by atoms with E-state index in [9.17, 15) is 0 Å². The summed E-state index contributed by atoms with van der Waals surface area (Å²) in [5.74, 6) is 0. The minimum Gasteiger partial charge on any atom is -0.455 e. The van der Waals surface area contributed by atoms with Crippen LogP contribution in [0.4, 0.5) is 17.1 Å². The first-order valence-corrected chi connectivity index (χ1v) is 20.2. The Bertz CT molecular complexity index is 3550. The van der Waals surface area contributed by atoms with Gasteiger partial charge in [-0.25, -0.2) is 0 Å². The second-order valence-electron chi connectivity index (χ2n) is 15.3. The van der Waals surface area contributed by atoms with Gasteiger partial charge in [0.1, 0.15) is 11.2 Å². The van der Waals surface area contributed by atoms with Gasteiger partial charge in [-0.1, -0.05) is 152 Å². The van der Waals surface area contributed by atoms with Crippen molar-refractivity contribution in [3.8, 4) is 27.9 Å². The third-order valence-corrected chi connectivity index (χ3v) is 12.0. The van der Waals surface area contributed by atoms with Gasteiger partial charge in [0.15, 0.2) is 0 Å². The van der Waals surface area contributed by atoms with E-state index in [0.29, 0.717) is 0 Å². The van der Waals surface area contributed by atoms with Crippen LogP contribution in [0.3, 0.4) is 0 Å². The van der Waals surface area contributed by atoms with Gasteiger partial charge in [0.25, 0.3) is 0 Å². The minimum absolute atomic E-state index is 0.888. The first-order chi connectivity index (χ1) is 29.3. The van der Waals surface area contributed by atoms with E-state index in [0.717, 1.165) is 55.5 Å². The molecule has 12 rings (SSSR count). The van der Waals surface area contributed by atoms with E-state index >= 15 is 0 Å². The van der Waals surface area contributed by atoms with E-state index in [1.165, 1.54) is 54.8 Å². The molecule has 0 saturated heterocycles. The van der Waals surface area contributed by atoms with Crippen molar-refractivity contribution in [3.05, 3.63) is 218 Å². The summed E-state index contributed by atoms with van der Waals surface area (Å²) in [5, 5.41) is 9.38. The normalized spacial score (nSPS) is 11.7. The van der Waals surface area contributed by atoms with Gasteiger partial charge in [0.05, 0.1) is 16.7 Å². The summed E-state index contributed by atoms with van der Waals surface area (Å²) in [4.78, 5) is 2.40. The van der Waals surface area contributed by atoms with Crippen LogP contribution in [0.5, 0.6) is 0 Å². The Hall–Kier alpha value is -7.88. The first kappa shape index (κ1) is 33.3. The van der Waals surface area contributed by atoms with E-state index in [2.05, 4.69) is 222 Å². The fraction of sp³-hybridized carbons (Fsp3) is 0. The maximum Gasteiger partial charge on any atom is 0.145 e. The van der Waals surface area contributed by atoms with Gasteiger partial charge in [0.2, 0.25) is 0 Å². The quantitative estimate of drug-likeness (QED) is 0.169. The highest BCUT2D eigenvalue weighted by Crippen LogP contribution is 2.45. The summed E-state index contributed by atoms with van der Waals surface area (Å²) in [7, 11) is 0. The summed E-state index contributed by atoms with van der Waals surface area (Å²) < 4.78 is 9.14. The lowest BCUT2D eigenvalue weighted by atomic mass is 9.98. The molecule has 0 N–H and O–H groups in total. The van der Waals surface area contributed by atoms with E-state index in [1.807, 2.05) is 6.07 Å². The van der Waals surface area contributed by atoms with E-state index in [1.54, 1.807) is 0 Å². The number of hydrogen-bond donors (Lipinski definition) is 0. The first-order valence-electron chi connectivity index (χ1n) is 20.2. The predicted molar refractivity (Wildman–Crippen MR) is 249 cm³/mol. The average Bonchev–Trinajstić information content (AvgIpc) is 3.85. The molecule has 2 heterocycles. The molecule has 0 bridgehead atoms. The number of aromatic nitrogens is 1. The summed E-state index contributed by atoms with van der Waals surface area (Å²) in [5.41, 5.74) is 13.2. The lowest BCUT2D eigenvalue weighted by Crippen LogP contribution is -2.11. The number of benzene rings is 10. The molecule has 0 amide bonds. The van der Waals surface area contributed by atoms with Gasteiger partial charge in [-0.15, -0.1) is 0 Å². The van der Waals surface area contributed by atoms with Gasteiger partial charge >= 0.3 is 0 Å². The molecular formula is C56H36N2O. The van der Waals surface area contributed by atoms with Crippen LogP contribution in [-0.2, 0) is 0 Å². The third kappa shape index (κ3) is 5.36. The Labute approximate surface area is 341 Å². The van der Waals surface area contributed by atoms with E-state index < -0.39 is 0 Å². The van der Waals surface area contributed by atoms with Crippen molar-refractivity contribution in [1.29, 1.82) is 0 Å². The molecule has 0 aliphatic rings. The molecule has 59 heavy (non-hydrogen) atoms. The minimum atomic E-state index is 0.888. The molecule has 10 aromatic carbocycles. The molecule has 276 valence electrons. The zero-order valence-corrected chi connectivity index (χ0v) is 32.1. The van der Waals surface area contributed by atoms with Crippen molar-refractivity contribution in [3.63, 3.8) is 0 Å². The van der Waals surface area contributed by atoms with Crippen LogP contribution in [0, 0.1) is 0 Å². The molecule has 0 unspecified atom stereocenters. The highest BCUT2D eigenvalue weighted by atomic mass is 16.3. The Morgan fingerprint density at radius 1 is 0.373 bits per heavy atom. The molecule has 2 aromatic heterocycles. The van der Waals surface area contributed by atoms with Gasteiger partial charge in [-0.3, -0.25) is 0 Å². The van der Waals surface area contributed by atoms with Crippen molar-refractivity contribution < 1.29 is 4.42 Å². The smallest absolute Gasteiger partial charge is 0.145 e. The van der Waals surface area contributed by atoms with Crippen LogP contribution >= 0.6 is 0 Å². The maximum atomic E-state index is 6.74. The summed E-state index contributed by atoms with van der Waals surface area (Å²) in [6.07, 6.45) is 0. The number of furan rings is 1. The van der Waals surface area contributed by atoms with Crippen molar-refractivity contribution in [2.75, 3.05) is 4.90 Å². The van der Waals surface area contributed by atoms with Crippen LogP contribution in [0.15, 0.2) is 223 Å². The molecule has 0 aliphatic heterocycles. The second-order valence-corrected chi connectivity index (χ2v) is 15.3. The van der Waals surface area contributed by atoms with Crippen LogP contribution < -0.4 is 4.90 Å². The number of nitrogens with zero attached hydrogens (tertiary/aromatic N) is 2. The number of hydrogen-bond acceptors (Lipinski definition) is 2. The third-order valence-electron chi connectivity index (χ3n) is 12.0. The molecule has 3 heteroatoms. The largest absolute Gasteiger partial charge is 0.455 e. The zero-order chi connectivity index (χ0) is 38.9. The number of anilines is 3. The number of fused-ring (bicyclic) bond motifs is 9. The van der Waals surface area contributed by atoms with Crippen LogP contribution in [-0.4, -0.2) is 4.57 Å². The van der Waals surface area contributed by atoms with Crippen LogP contribution in [0.25, 0.3) is 93.2 Å². The fourth-order valence-electron chi connectivity index (χ4n) is 9.25. The molecule has 0 fully saturated rings. The van der Waals surface area contributed by atoms with Crippen LogP contribution in [0.1, 0.15) is 0 Å². The lowest BCUT2D eigenvalue weighted by Gasteiger charge is -2.28. The van der Waals surface area contributed by atoms with Crippen molar-refractivity contribution in [2.24, 2.45) is 0 Å². The fourth-order valence-corrected chi connectivity index (χ4v) is 9.25. The van der Waals surface area contributed by atoms with Gasteiger partial charge in [-0.05, 0) is 105 Å². The lowest BCUT2D eigenvalue weighted by molar-refractivity contribution is 0.672. The monoisotopic (exact) mass is 752 g/mol. The van der Waals surface area contributed by atoms with Crippen molar-refractivity contribution >= 4 is 82.4 Å². The molecule has 0 atom stereocenters. The Morgan fingerprint density at radius 3 is 1.97 bits per heavy atom. The van der Waals surface area contributed by atoms with Crippen molar-refractivity contribution in [1.82, 2.24) is 4.57 Å².